The summed E-state index contributed by atoms with van der Waals surface area (Å²) in [6.07, 6.45) is -0.419. The highest BCUT2D eigenvalue weighted by molar-refractivity contribution is 5.82. The van der Waals surface area contributed by atoms with Gasteiger partial charge in [-0.25, -0.2) is 4.79 Å². The lowest BCUT2D eigenvalue weighted by Gasteiger charge is -2.15. The van der Waals surface area contributed by atoms with Crippen LogP contribution < -0.4 is 4.74 Å². The number of para-hydroxylation sites is 1. The minimum atomic E-state index is -0.707. The normalized spacial score (nSPS) is 21.5. The molecule has 0 spiro atoms. The predicted octanol–water partition coefficient (Wildman–Crippen LogP) is 1.68. The van der Waals surface area contributed by atoms with Gasteiger partial charge in [-0.1, -0.05) is 18.2 Å². The monoisotopic (exact) mass is 234 g/mol. The molecule has 0 saturated carbocycles. The van der Waals surface area contributed by atoms with Crippen molar-refractivity contribution in [3.63, 3.8) is 0 Å². The van der Waals surface area contributed by atoms with Gasteiger partial charge in [-0.2, -0.15) is 0 Å². The van der Waals surface area contributed by atoms with E-state index < -0.39 is 12.1 Å². The van der Waals surface area contributed by atoms with Gasteiger partial charge >= 0.3 is 5.97 Å². The Balaban J connectivity index is 2.33. The van der Waals surface area contributed by atoms with Gasteiger partial charge in [-0.15, -0.1) is 0 Å². The van der Waals surface area contributed by atoms with E-state index in [1.807, 2.05) is 18.2 Å². The number of ether oxygens (including phenoxy) is 2. The molecule has 1 aromatic rings. The van der Waals surface area contributed by atoms with Crippen molar-refractivity contribution in [1.82, 2.24) is 0 Å². The summed E-state index contributed by atoms with van der Waals surface area (Å²) >= 11 is 0. The van der Waals surface area contributed by atoms with E-state index in [9.17, 15) is 9.59 Å². The Morgan fingerprint density at radius 3 is 2.71 bits per heavy atom. The van der Waals surface area contributed by atoms with Crippen molar-refractivity contribution < 1.29 is 19.1 Å². The average Bonchev–Trinajstić information content (AvgIpc) is 2.67. The Morgan fingerprint density at radius 2 is 2.06 bits per heavy atom. The minimum Gasteiger partial charge on any atom is -0.478 e. The first-order chi connectivity index (χ1) is 8.13. The summed E-state index contributed by atoms with van der Waals surface area (Å²) in [4.78, 5) is 22.9. The molecule has 0 saturated heterocycles. The summed E-state index contributed by atoms with van der Waals surface area (Å²) in [5.41, 5.74) is 0.901. The fraction of sp³-hybridized carbons (Fsp3) is 0.385. The maximum absolute atomic E-state index is 11.6. The molecule has 0 amide bonds. The molecule has 1 aliphatic rings. The van der Waals surface area contributed by atoms with Crippen molar-refractivity contribution in [2.45, 2.75) is 25.4 Å². The second kappa shape index (κ2) is 4.57. The molecule has 0 fully saturated rings. The van der Waals surface area contributed by atoms with Gasteiger partial charge in [-0.3, -0.25) is 0 Å². The summed E-state index contributed by atoms with van der Waals surface area (Å²) in [6.45, 7) is 1.51. The van der Waals surface area contributed by atoms with E-state index in [1.54, 1.807) is 6.07 Å². The van der Waals surface area contributed by atoms with Gasteiger partial charge in [0.2, 0.25) is 6.10 Å². The van der Waals surface area contributed by atoms with E-state index in [0.29, 0.717) is 5.75 Å². The number of carbonyl (C=O) groups excluding carboxylic acids is 2. The first kappa shape index (κ1) is 11.6. The lowest BCUT2D eigenvalue weighted by Crippen LogP contribution is -2.31. The Labute approximate surface area is 99.5 Å². The van der Waals surface area contributed by atoms with Crippen LogP contribution in [0.2, 0.25) is 0 Å². The zero-order valence-electron chi connectivity index (χ0n) is 9.80. The third-order valence-corrected chi connectivity index (χ3v) is 2.88. The van der Waals surface area contributed by atoms with Crippen LogP contribution in [0.1, 0.15) is 24.8 Å². The quantitative estimate of drug-likeness (QED) is 0.747. The number of hydrogen-bond donors (Lipinski definition) is 0. The fourth-order valence-corrected chi connectivity index (χ4v) is 2.13. The topological polar surface area (TPSA) is 52.6 Å². The number of rotatable bonds is 3. The molecule has 0 unspecified atom stereocenters. The molecule has 2 rings (SSSR count). The van der Waals surface area contributed by atoms with Crippen molar-refractivity contribution >= 4 is 11.8 Å². The number of carbonyl (C=O) groups is 2. The zero-order chi connectivity index (χ0) is 12.4. The molecule has 0 aromatic heterocycles. The van der Waals surface area contributed by atoms with Gasteiger partial charge in [0.1, 0.15) is 11.5 Å². The molecule has 0 radical (unpaired) electrons. The first-order valence-corrected chi connectivity index (χ1v) is 5.46. The maximum Gasteiger partial charge on any atom is 0.347 e. The molecular formula is C13H14O4. The number of Topliss-reactive ketones (excluding diaryl/α,β-unsaturated/α-hetero) is 1. The van der Waals surface area contributed by atoms with Crippen LogP contribution in [-0.4, -0.2) is 25.0 Å². The number of fused-ring (bicyclic) bond motifs is 1. The Bertz CT molecular complexity index is 452. The van der Waals surface area contributed by atoms with E-state index >= 15 is 0 Å². The van der Waals surface area contributed by atoms with Crippen LogP contribution in [0.3, 0.4) is 0 Å². The zero-order valence-corrected chi connectivity index (χ0v) is 9.80. The minimum absolute atomic E-state index is 0.0317. The highest BCUT2D eigenvalue weighted by Crippen LogP contribution is 2.40. The van der Waals surface area contributed by atoms with E-state index in [1.165, 1.54) is 14.0 Å². The molecule has 0 bridgehead atoms. The third kappa shape index (κ3) is 2.16. The van der Waals surface area contributed by atoms with Crippen molar-refractivity contribution in [3.05, 3.63) is 29.8 Å². The smallest absolute Gasteiger partial charge is 0.347 e. The van der Waals surface area contributed by atoms with Gasteiger partial charge in [-0.05, 0) is 13.0 Å². The van der Waals surface area contributed by atoms with Crippen molar-refractivity contribution in [1.29, 1.82) is 0 Å². The van der Waals surface area contributed by atoms with Gasteiger partial charge < -0.3 is 14.3 Å². The molecule has 2 atom stereocenters. The van der Waals surface area contributed by atoms with Crippen LogP contribution in [0.5, 0.6) is 5.75 Å². The van der Waals surface area contributed by atoms with Crippen LogP contribution in [-0.2, 0) is 14.3 Å². The third-order valence-electron chi connectivity index (χ3n) is 2.88. The van der Waals surface area contributed by atoms with Crippen LogP contribution in [0.4, 0.5) is 0 Å². The highest BCUT2D eigenvalue weighted by atomic mass is 16.6. The molecular weight excluding hydrogens is 220 g/mol. The Kier molecular flexibility index (Phi) is 3.13. The van der Waals surface area contributed by atoms with E-state index in [0.717, 1.165) is 5.56 Å². The van der Waals surface area contributed by atoms with Gasteiger partial charge in [0.25, 0.3) is 0 Å². The summed E-state index contributed by atoms with van der Waals surface area (Å²) in [5.74, 6) is 0.0157. The second-order valence-corrected chi connectivity index (χ2v) is 4.11. The fourth-order valence-electron chi connectivity index (χ4n) is 2.13. The molecule has 0 aliphatic carbocycles. The number of hydrogen-bond acceptors (Lipinski definition) is 4. The van der Waals surface area contributed by atoms with Crippen LogP contribution in [0, 0.1) is 0 Å². The lowest BCUT2D eigenvalue weighted by molar-refractivity contribution is -0.149. The largest absolute Gasteiger partial charge is 0.478 e. The SMILES string of the molecule is COC(=O)[C@@H]1Oc2ccccc2[C@@H]1CC(C)=O. The number of methoxy groups -OCH3 is 1. The number of benzene rings is 1. The van der Waals surface area contributed by atoms with Gasteiger partial charge in [0, 0.05) is 17.9 Å². The van der Waals surface area contributed by atoms with Crippen LogP contribution >= 0.6 is 0 Å². The molecule has 90 valence electrons. The second-order valence-electron chi connectivity index (χ2n) is 4.11. The summed E-state index contributed by atoms with van der Waals surface area (Å²) < 4.78 is 10.2. The Hall–Kier alpha value is -1.84. The molecule has 1 aromatic carbocycles. The molecule has 4 nitrogen and oxygen atoms in total. The summed E-state index contributed by atoms with van der Waals surface area (Å²) in [5, 5.41) is 0. The lowest BCUT2D eigenvalue weighted by atomic mass is 9.91. The van der Waals surface area contributed by atoms with Crippen LogP contribution in [0.15, 0.2) is 24.3 Å². The molecule has 4 heteroatoms. The van der Waals surface area contributed by atoms with Gasteiger partial charge in [0.05, 0.1) is 7.11 Å². The first-order valence-electron chi connectivity index (χ1n) is 5.46. The average molecular weight is 234 g/mol. The molecule has 1 aliphatic heterocycles. The van der Waals surface area contributed by atoms with E-state index in [-0.39, 0.29) is 18.1 Å². The Morgan fingerprint density at radius 1 is 1.35 bits per heavy atom. The predicted molar refractivity (Wildman–Crippen MR) is 60.9 cm³/mol. The van der Waals surface area contributed by atoms with E-state index in [2.05, 4.69) is 0 Å². The van der Waals surface area contributed by atoms with Gasteiger partial charge in [0.15, 0.2) is 0 Å². The van der Waals surface area contributed by atoms with Crippen molar-refractivity contribution in [2.75, 3.05) is 7.11 Å². The summed E-state index contributed by atoms with van der Waals surface area (Å²) in [6, 6.07) is 7.38. The van der Waals surface area contributed by atoms with Crippen molar-refractivity contribution in [3.8, 4) is 5.75 Å². The molecule has 0 N–H and O–H groups in total. The standard InChI is InChI=1S/C13H14O4/c1-8(14)7-10-9-5-3-4-6-11(9)17-12(10)13(15)16-2/h3-6,10,12H,7H2,1-2H3/t10-,12+/m0/s1. The number of ketones is 1. The summed E-state index contributed by atoms with van der Waals surface area (Å²) in [7, 11) is 1.32. The highest BCUT2D eigenvalue weighted by Gasteiger charge is 2.40. The maximum atomic E-state index is 11.6. The number of esters is 1. The van der Waals surface area contributed by atoms with Crippen molar-refractivity contribution in [2.24, 2.45) is 0 Å². The van der Waals surface area contributed by atoms with Crippen LogP contribution in [0.25, 0.3) is 0 Å². The van der Waals surface area contributed by atoms with E-state index in [4.69, 9.17) is 9.47 Å². The molecule has 1 heterocycles. The molecule has 17 heavy (non-hydrogen) atoms.